The second-order valence-corrected chi connectivity index (χ2v) is 18.7. The zero-order valence-electron chi connectivity index (χ0n) is 40.8. The van der Waals surface area contributed by atoms with Crippen molar-refractivity contribution in [3.8, 4) is 103 Å². The van der Waals surface area contributed by atoms with E-state index in [2.05, 4.69) is 30.3 Å². The third-order valence-corrected chi connectivity index (χ3v) is 14.3. The van der Waals surface area contributed by atoms with E-state index in [1.165, 1.54) is 12.1 Å². The van der Waals surface area contributed by atoms with Crippen LogP contribution in [0.15, 0.2) is 200 Å². The number of fused-ring (bicyclic) bond motifs is 6. The molecule has 0 unspecified atom stereocenters. The number of aromatic nitrogens is 2. The van der Waals surface area contributed by atoms with Crippen LogP contribution in [-0.4, -0.2) is 9.13 Å². The molecule has 0 radical (unpaired) electrons. The van der Waals surface area contributed by atoms with Crippen LogP contribution in [0.3, 0.4) is 0 Å². The fourth-order valence-corrected chi connectivity index (χ4v) is 10.8. The molecule has 12 aromatic rings. The van der Waals surface area contributed by atoms with Gasteiger partial charge in [0, 0.05) is 27.1 Å². The molecule has 0 amide bonds. The normalized spacial score (nSPS) is 11.2. The van der Waals surface area contributed by atoms with E-state index in [0.717, 1.165) is 72.1 Å². The average Bonchev–Trinajstić information content (AvgIpc) is 4.22. The summed E-state index contributed by atoms with van der Waals surface area (Å²) in [5.41, 5.74) is 9.49. The second kappa shape index (κ2) is 18.8. The van der Waals surface area contributed by atoms with E-state index >= 15 is 13.2 Å². The van der Waals surface area contributed by atoms with E-state index in [4.69, 9.17) is 0 Å². The lowest BCUT2D eigenvalue weighted by atomic mass is 9.92. The summed E-state index contributed by atoms with van der Waals surface area (Å²) in [4.78, 5) is 0. The van der Waals surface area contributed by atoms with Gasteiger partial charge in [-0.25, -0.2) is 0 Å². The predicted molar refractivity (Wildman–Crippen MR) is 296 cm³/mol. The summed E-state index contributed by atoms with van der Waals surface area (Å²) in [6.07, 6.45) is -4.90. The minimum absolute atomic E-state index is 0.0261. The average molecular weight is 1010 g/mol. The van der Waals surface area contributed by atoms with Gasteiger partial charge in [0.2, 0.25) is 0 Å². The van der Waals surface area contributed by atoms with E-state index < -0.39 is 11.7 Å². The van der Waals surface area contributed by atoms with Crippen LogP contribution in [-0.2, 0) is 6.18 Å². The molecule has 0 N–H and O–H groups in total. The molecule has 0 fully saturated rings. The number of rotatable bonds is 7. The van der Waals surface area contributed by atoms with Crippen molar-refractivity contribution in [1.29, 1.82) is 31.6 Å². The van der Waals surface area contributed by atoms with E-state index in [9.17, 15) is 31.6 Å². The summed E-state index contributed by atoms with van der Waals surface area (Å²) in [6, 6.07) is 72.0. The van der Waals surface area contributed by atoms with E-state index in [0.29, 0.717) is 44.3 Å². The Morgan fingerprint density at radius 2 is 0.628 bits per heavy atom. The molecule has 0 saturated carbocycles. The first-order chi connectivity index (χ1) is 38.0. The fraction of sp³-hybridized carbons (Fsp3) is 0.0149. The van der Waals surface area contributed by atoms with Gasteiger partial charge in [0.05, 0.1) is 97.2 Å². The number of nitrogens with zero attached hydrogens (tertiary/aromatic N) is 8. The molecule has 0 bridgehead atoms. The first kappa shape index (κ1) is 47.5. The van der Waals surface area contributed by atoms with Crippen molar-refractivity contribution in [2.75, 3.05) is 0 Å². The quantitative estimate of drug-likeness (QED) is 0.155. The van der Waals surface area contributed by atoms with Gasteiger partial charge in [0.25, 0.3) is 0 Å². The second-order valence-electron chi connectivity index (χ2n) is 18.7. The van der Waals surface area contributed by atoms with Gasteiger partial charge in [0.1, 0.15) is 11.6 Å². The van der Waals surface area contributed by atoms with E-state index in [1.807, 2.05) is 112 Å². The van der Waals surface area contributed by atoms with Gasteiger partial charge in [0.15, 0.2) is 0 Å². The van der Waals surface area contributed by atoms with Crippen LogP contribution in [0, 0.1) is 68.0 Å². The lowest BCUT2D eigenvalue weighted by Gasteiger charge is -2.21. The molecular formula is C67H33F3N8. The molecule has 0 atom stereocenters. The zero-order valence-corrected chi connectivity index (χ0v) is 40.8. The maximum atomic E-state index is 15.4. The zero-order chi connectivity index (χ0) is 53.8. The first-order valence-corrected chi connectivity index (χ1v) is 24.4. The predicted octanol–water partition coefficient (Wildman–Crippen LogP) is 16.5. The fourth-order valence-electron chi connectivity index (χ4n) is 10.8. The number of benzene rings is 10. The summed E-state index contributed by atoms with van der Waals surface area (Å²) in [6.45, 7) is 0. The van der Waals surface area contributed by atoms with Crippen LogP contribution in [0.2, 0.25) is 0 Å². The van der Waals surface area contributed by atoms with Crippen LogP contribution in [0.4, 0.5) is 13.2 Å². The maximum Gasteiger partial charge on any atom is 0.417 e. The standard InChI is InChI=1S/C67H33F3N8/c68-67(69,70)59-15-5-14-52(38-75)66(59)53-32-64(77-60-20-16-48(44-10-1-6-40(24-44)34-71)28-54(60)55-29-49(17-21-61(55)77)45-11-2-7-41(25-45)35-72)58(39-76)65(33-53)78-62-22-18-50(46-12-3-8-42(26-46)36-73)30-56(62)57-31-51(19-23-63(57)78)47-13-4-9-43(27-47)37-74/h1-33H. The summed E-state index contributed by atoms with van der Waals surface area (Å²) < 4.78 is 50.1. The highest BCUT2D eigenvalue weighted by Crippen LogP contribution is 2.46. The number of hydrogen-bond acceptors (Lipinski definition) is 6. The Hall–Kier alpha value is -11.5. The molecule has 362 valence electrons. The molecular weight excluding hydrogens is 974 g/mol. The minimum Gasteiger partial charge on any atom is -0.308 e. The van der Waals surface area contributed by atoms with Crippen LogP contribution in [0.1, 0.15) is 38.9 Å². The van der Waals surface area contributed by atoms with Crippen molar-refractivity contribution < 1.29 is 13.2 Å². The van der Waals surface area contributed by atoms with Crippen molar-refractivity contribution in [3.63, 3.8) is 0 Å². The summed E-state index contributed by atoms with van der Waals surface area (Å²) in [5, 5.41) is 64.6. The molecule has 0 saturated heterocycles. The molecule has 0 aliphatic heterocycles. The van der Waals surface area contributed by atoms with Crippen molar-refractivity contribution in [3.05, 3.63) is 239 Å². The Bertz CT molecular complexity index is 4330. The van der Waals surface area contributed by atoms with Crippen molar-refractivity contribution in [2.45, 2.75) is 6.18 Å². The number of halogens is 3. The Kier molecular flexibility index (Phi) is 11.4. The van der Waals surface area contributed by atoms with Crippen LogP contribution in [0.25, 0.3) is 111 Å². The number of alkyl halides is 3. The molecule has 8 nitrogen and oxygen atoms in total. The Morgan fingerprint density at radius 3 is 0.923 bits per heavy atom. The van der Waals surface area contributed by atoms with Crippen LogP contribution >= 0.6 is 0 Å². The van der Waals surface area contributed by atoms with E-state index in [1.54, 1.807) is 84.9 Å². The Labute approximate surface area is 444 Å². The van der Waals surface area contributed by atoms with Gasteiger partial charge in [-0.15, -0.1) is 0 Å². The van der Waals surface area contributed by atoms with Crippen molar-refractivity contribution >= 4 is 43.6 Å². The number of hydrogen-bond donors (Lipinski definition) is 0. The molecule has 0 spiro atoms. The van der Waals surface area contributed by atoms with Crippen LogP contribution in [0.5, 0.6) is 0 Å². The van der Waals surface area contributed by atoms with E-state index in [-0.39, 0.29) is 33.6 Å². The SMILES string of the molecule is N#Cc1cccc(-c2ccc3c(c2)c2cc(-c4cccc(C#N)c4)ccc2n3-c2cc(-c3c(C#N)cccc3C(F)(F)F)cc(-n3c4ccc(-c5cccc(C#N)c5)cc4c4cc(-c5cccc(C#N)c5)ccc43)c2C#N)c1. The molecule has 11 heteroatoms. The highest BCUT2D eigenvalue weighted by atomic mass is 19.4. The summed E-state index contributed by atoms with van der Waals surface area (Å²) in [5.74, 6) is 0. The largest absolute Gasteiger partial charge is 0.417 e. The third-order valence-electron chi connectivity index (χ3n) is 14.3. The highest BCUT2D eigenvalue weighted by Gasteiger charge is 2.36. The van der Waals surface area contributed by atoms with Crippen molar-refractivity contribution in [1.82, 2.24) is 9.13 Å². The summed E-state index contributed by atoms with van der Waals surface area (Å²) in [7, 11) is 0. The monoisotopic (exact) mass is 1010 g/mol. The lowest BCUT2D eigenvalue weighted by molar-refractivity contribution is -0.137. The van der Waals surface area contributed by atoms with Crippen LogP contribution < -0.4 is 0 Å². The molecule has 0 aliphatic carbocycles. The third kappa shape index (κ3) is 7.99. The first-order valence-electron chi connectivity index (χ1n) is 24.4. The number of nitriles is 6. The molecule has 2 heterocycles. The molecule has 12 rings (SSSR count). The maximum absolute atomic E-state index is 15.4. The van der Waals surface area contributed by atoms with Gasteiger partial charge in [-0.05, 0) is 171 Å². The topological polar surface area (TPSA) is 153 Å². The minimum atomic E-state index is -4.90. The molecule has 78 heavy (non-hydrogen) atoms. The van der Waals surface area contributed by atoms with Gasteiger partial charge < -0.3 is 9.13 Å². The molecule has 0 aliphatic rings. The van der Waals surface area contributed by atoms with Gasteiger partial charge in [-0.2, -0.15) is 44.7 Å². The Balaban J connectivity index is 1.22. The lowest BCUT2D eigenvalue weighted by Crippen LogP contribution is -2.10. The summed E-state index contributed by atoms with van der Waals surface area (Å²) >= 11 is 0. The Morgan fingerprint density at radius 1 is 0.308 bits per heavy atom. The van der Waals surface area contributed by atoms with Crippen molar-refractivity contribution in [2.24, 2.45) is 0 Å². The smallest absolute Gasteiger partial charge is 0.308 e. The van der Waals surface area contributed by atoms with Gasteiger partial charge in [-0.1, -0.05) is 78.9 Å². The van der Waals surface area contributed by atoms with Gasteiger partial charge in [-0.3, -0.25) is 0 Å². The van der Waals surface area contributed by atoms with Gasteiger partial charge >= 0.3 is 6.18 Å². The highest BCUT2D eigenvalue weighted by molar-refractivity contribution is 6.14. The molecule has 10 aromatic carbocycles. The molecule has 2 aromatic heterocycles.